The van der Waals surface area contributed by atoms with Crippen LogP contribution in [0.5, 0.6) is 0 Å². The van der Waals surface area contributed by atoms with E-state index in [1.807, 2.05) is 11.8 Å². The number of halogens is 1. The molecule has 0 saturated carbocycles. The van der Waals surface area contributed by atoms with Crippen molar-refractivity contribution < 1.29 is 0 Å². The number of amidine groups is 1. The fourth-order valence-corrected chi connectivity index (χ4v) is 2.67. The Hall–Kier alpha value is -0.230. The van der Waals surface area contributed by atoms with Crippen LogP contribution in [0.1, 0.15) is 13.3 Å². The Kier molecular flexibility index (Phi) is 3.91. The molecule has 80 valence electrons. The van der Waals surface area contributed by atoms with Crippen molar-refractivity contribution in [3.63, 3.8) is 0 Å². The van der Waals surface area contributed by atoms with Crippen LogP contribution in [0.2, 0.25) is 0 Å². The Morgan fingerprint density at radius 1 is 1.47 bits per heavy atom. The minimum atomic E-state index is 0.663. The predicted molar refractivity (Wildman–Crippen MR) is 76.8 cm³/mol. The smallest absolute Gasteiger partial charge is 0.161 e. The van der Waals surface area contributed by atoms with Crippen LogP contribution in [-0.4, -0.2) is 17.0 Å². The van der Waals surface area contributed by atoms with Gasteiger partial charge in [-0.2, -0.15) is 0 Å². The maximum Gasteiger partial charge on any atom is 0.161 e. The van der Waals surface area contributed by atoms with Crippen molar-refractivity contribution in [1.82, 2.24) is 0 Å². The normalized spacial score (nSPS) is 20.1. The molecule has 0 amide bonds. The van der Waals surface area contributed by atoms with E-state index in [2.05, 4.69) is 64.1 Å². The number of hydrogen-bond donors (Lipinski definition) is 1. The zero-order chi connectivity index (χ0) is 10.7. The molecule has 1 aromatic carbocycles. The van der Waals surface area contributed by atoms with Gasteiger partial charge in [-0.05, 0) is 53.3 Å². The van der Waals surface area contributed by atoms with E-state index < -0.39 is 0 Å². The minimum absolute atomic E-state index is 0.663. The highest BCUT2D eigenvalue weighted by atomic mass is 127. The molecule has 1 atom stereocenters. The first-order chi connectivity index (χ1) is 7.28. The van der Waals surface area contributed by atoms with E-state index in [-0.39, 0.29) is 0 Å². The minimum Gasteiger partial charge on any atom is -0.335 e. The van der Waals surface area contributed by atoms with Crippen LogP contribution in [0.25, 0.3) is 0 Å². The second-order valence-corrected chi connectivity index (χ2v) is 5.96. The predicted octanol–water partition coefficient (Wildman–Crippen LogP) is 3.58. The molecule has 1 aromatic rings. The van der Waals surface area contributed by atoms with E-state index in [0.717, 1.165) is 17.4 Å². The molecule has 1 aliphatic rings. The standard InChI is InChI=1S/C11H13IN2S/c1-2-10-7-13-11(15-10)14-9-5-3-8(12)4-6-9/h3-6,10H,2,7H2,1H3,(H,13,14). The summed E-state index contributed by atoms with van der Waals surface area (Å²) in [5.74, 6) is 0. The van der Waals surface area contributed by atoms with Crippen LogP contribution in [0.15, 0.2) is 29.3 Å². The second kappa shape index (κ2) is 5.21. The average Bonchev–Trinajstić information content (AvgIpc) is 2.69. The van der Waals surface area contributed by atoms with E-state index >= 15 is 0 Å². The lowest BCUT2D eigenvalue weighted by Gasteiger charge is -2.06. The first-order valence-electron chi connectivity index (χ1n) is 5.01. The van der Waals surface area contributed by atoms with Crippen LogP contribution in [0.3, 0.4) is 0 Å². The Morgan fingerprint density at radius 2 is 2.20 bits per heavy atom. The zero-order valence-corrected chi connectivity index (χ0v) is 11.5. The third-order valence-electron chi connectivity index (χ3n) is 2.27. The average molecular weight is 332 g/mol. The van der Waals surface area contributed by atoms with Crippen LogP contribution in [0, 0.1) is 3.57 Å². The number of benzene rings is 1. The summed E-state index contributed by atoms with van der Waals surface area (Å²) in [6.45, 7) is 3.16. The van der Waals surface area contributed by atoms with E-state index in [0.29, 0.717) is 5.25 Å². The summed E-state index contributed by atoms with van der Waals surface area (Å²) < 4.78 is 1.26. The van der Waals surface area contributed by atoms with Gasteiger partial charge in [-0.3, -0.25) is 4.99 Å². The first kappa shape index (κ1) is 11.3. The molecule has 0 aliphatic carbocycles. The molecule has 2 rings (SSSR count). The van der Waals surface area contributed by atoms with E-state index in [1.54, 1.807) is 0 Å². The van der Waals surface area contributed by atoms with Gasteiger partial charge in [0.15, 0.2) is 5.17 Å². The number of nitrogens with one attached hydrogen (secondary N) is 1. The molecule has 0 bridgehead atoms. The van der Waals surface area contributed by atoms with Crippen molar-refractivity contribution in [2.24, 2.45) is 4.99 Å². The number of hydrogen-bond acceptors (Lipinski definition) is 3. The molecule has 1 N–H and O–H groups in total. The largest absolute Gasteiger partial charge is 0.335 e. The van der Waals surface area contributed by atoms with Crippen LogP contribution >= 0.6 is 34.4 Å². The summed E-state index contributed by atoms with van der Waals surface area (Å²) in [7, 11) is 0. The summed E-state index contributed by atoms with van der Waals surface area (Å²) in [4.78, 5) is 4.47. The highest BCUT2D eigenvalue weighted by molar-refractivity contribution is 14.1. The lowest BCUT2D eigenvalue weighted by molar-refractivity contribution is 0.843. The van der Waals surface area contributed by atoms with Gasteiger partial charge in [0.1, 0.15) is 0 Å². The Morgan fingerprint density at radius 3 is 2.80 bits per heavy atom. The highest BCUT2D eigenvalue weighted by Gasteiger charge is 2.17. The second-order valence-electron chi connectivity index (χ2n) is 3.43. The van der Waals surface area contributed by atoms with Crippen molar-refractivity contribution >= 4 is 45.2 Å². The van der Waals surface area contributed by atoms with E-state index in [9.17, 15) is 0 Å². The number of thioether (sulfide) groups is 1. The van der Waals surface area contributed by atoms with Crippen molar-refractivity contribution in [2.45, 2.75) is 18.6 Å². The zero-order valence-electron chi connectivity index (χ0n) is 8.53. The lowest BCUT2D eigenvalue weighted by Crippen LogP contribution is -2.06. The quantitative estimate of drug-likeness (QED) is 0.837. The van der Waals surface area contributed by atoms with Crippen molar-refractivity contribution in [3.8, 4) is 0 Å². The Labute approximate surface area is 108 Å². The van der Waals surface area contributed by atoms with Crippen LogP contribution < -0.4 is 5.32 Å². The summed E-state index contributed by atoms with van der Waals surface area (Å²) in [5.41, 5.74) is 1.12. The molecule has 0 spiro atoms. The molecule has 2 nitrogen and oxygen atoms in total. The van der Waals surface area contributed by atoms with Gasteiger partial charge in [0.05, 0.1) is 6.54 Å². The van der Waals surface area contributed by atoms with Crippen LogP contribution in [0.4, 0.5) is 5.69 Å². The van der Waals surface area contributed by atoms with Gasteiger partial charge < -0.3 is 5.32 Å². The van der Waals surface area contributed by atoms with Crippen molar-refractivity contribution in [1.29, 1.82) is 0 Å². The molecule has 1 aliphatic heterocycles. The van der Waals surface area contributed by atoms with Gasteiger partial charge in [0, 0.05) is 14.5 Å². The third kappa shape index (κ3) is 3.11. The summed E-state index contributed by atoms with van der Waals surface area (Å²) >= 11 is 4.15. The number of aliphatic imine (C=N–C) groups is 1. The summed E-state index contributed by atoms with van der Waals surface area (Å²) in [6.07, 6.45) is 1.19. The highest BCUT2D eigenvalue weighted by Crippen LogP contribution is 2.24. The monoisotopic (exact) mass is 332 g/mol. The fourth-order valence-electron chi connectivity index (χ4n) is 1.36. The maximum absolute atomic E-state index is 4.47. The molecule has 0 fully saturated rings. The molecule has 1 heterocycles. The molecule has 1 unspecified atom stereocenters. The fraction of sp³-hybridized carbons (Fsp3) is 0.364. The molecule has 0 aromatic heterocycles. The van der Waals surface area contributed by atoms with Crippen molar-refractivity contribution in [3.05, 3.63) is 27.8 Å². The van der Waals surface area contributed by atoms with Gasteiger partial charge in [0.25, 0.3) is 0 Å². The van der Waals surface area contributed by atoms with Crippen LogP contribution in [-0.2, 0) is 0 Å². The molecule has 0 saturated heterocycles. The Balaban J connectivity index is 1.95. The lowest BCUT2D eigenvalue weighted by atomic mass is 10.3. The number of nitrogens with zero attached hydrogens (tertiary/aromatic N) is 1. The molecule has 0 radical (unpaired) electrons. The van der Waals surface area contributed by atoms with E-state index in [1.165, 1.54) is 9.99 Å². The number of anilines is 1. The maximum atomic E-state index is 4.47. The molecule has 4 heteroatoms. The van der Waals surface area contributed by atoms with Gasteiger partial charge >= 0.3 is 0 Å². The van der Waals surface area contributed by atoms with E-state index in [4.69, 9.17) is 0 Å². The number of rotatable bonds is 2. The van der Waals surface area contributed by atoms with Gasteiger partial charge in [-0.1, -0.05) is 18.7 Å². The van der Waals surface area contributed by atoms with Gasteiger partial charge in [0.2, 0.25) is 0 Å². The SMILES string of the molecule is CCC1CN=C(Nc2ccc(I)cc2)S1. The Bertz CT molecular complexity index is 361. The summed E-state index contributed by atoms with van der Waals surface area (Å²) in [6, 6.07) is 8.37. The molecular weight excluding hydrogens is 319 g/mol. The third-order valence-corrected chi connectivity index (χ3v) is 4.26. The van der Waals surface area contributed by atoms with Gasteiger partial charge in [-0.25, -0.2) is 0 Å². The van der Waals surface area contributed by atoms with Crippen molar-refractivity contribution in [2.75, 3.05) is 11.9 Å². The molecular formula is C11H13IN2S. The molecule has 15 heavy (non-hydrogen) atoms. The van der Waals surface area contributed by atoms with Gasteiger partial charge in [-0.15, -0.1) is 0 Å². The topological polar surface area (TPSA) is 24.4 Å². The summed E-state index contributed by atoms with van der Waals surface area (Å²) in [5, 5.41) is 5.06. The first-order valence-corrected chi connectivity index (χ1v) is 6.97.